The third kappa shape index (κ3) is 2.13. The molecule has 0 atom stereocenters. The number of rotatable bonds is 1. The quantitative estimate of drug-likeness (QED) is 0.530. The van der Waals surface area contributed by atoms with E-state index in [4.69, 9.17) is 12.2 Å². The van der Waals surface area contributed by atoms with E-state index in [-0.39, 0.29) is 11.8 Å². The number of imidazole rings is 1. The highest BCUT2D eigenvalue weighted by Crippen LogP contribution is 2.16. The first-order valence-electron chi connectivity index (χ1n) is 5.56. The van der Waals surface area contributed by atoms with Crippen LogP contribution < -0.4 is 10.6 Å². The maximum absolute atomic E-state index is 11.9. The van der Waals surface area contributed by atoms with Gasteiger partial charge in [-0.25, -0.2) is 4.99 Å². The number of aromatic hydroxyl groups is 1. The number of fused-ring (bicyclic) bond motifs is 1. The van der Waals surface area contributed by atoms with Crippen molar-refractivity contribution in [1.29, 1.82) is 0 Å². The van der Waals surface area contributed by atoms with E-state index in [1.807, 2.05) is 18.2 Å². The minimum Gasteiger partial charge on any atom is -0.493 e. The van der Waals surface area contributed by atoms with Crippen LogP contribution in [0.1, 0.15) is 5.69 Å². The van der Waals surface area contributed by atoms with Crippen molar-refractivity contribution in [2.75, 3.05) is 0 Å². The van der Waals surface area contributed by atoms with Gasteiger partial charge in [0.2, 0.25) is 5.88 Å². The zero-order valence-corrected chi connectivity index (χ0v) is 10.5. The van der Waals surface area contributed by atoms with Gasteiger partial charge in [0, 0.05) is 10.8 Å². The molecule has 0 saturated carbocycles. The molecule has 0 saturated heterocycles. The van der Waals surface area contributed by atoms with Crippen molar-refractivity contribution in [2.24, 2.45) is 4.99 Å². The molecular weight excluding hydrogens is 262 g/mol. The van der Waals surface area contributed by atoms with Crippen LogP contribution in [0.4, 0.5) is 0 Å². The van der Waals surface area contributed by atoms with Gasteiger partial charge in [0.25, 0.3) is 5.91 Å². The Kier molecular flexibility index (Phi) is 2.64. The Balaban J connectivity index is 2.18. The van der Waals surface area contributed by atoms with E-state index in [9.17, 15) is 9.90 Å². The smallest absolute Gasteiger partial charge is 0.277 e. The first-order chi connectivity index (χ1) is 9.13. The average Bonchev–Trinajstić information content (AvgIpc) is 2.69. The second kappa shape index (κ2) is 4.33. The van der Waals surface area contributed by atoms with Crippen LogP contribution >= 0.6 is 12.2 Å². The molecule has 1 aromatic carbocycles. The van der Waals surface area contributed by atoms with Crippen LogP contribution in [0.25, 0.3) is 12.2 Å². The number of hydrogen-bond donors (Lipinski definition) is 3. The van der Waals surface area contributed by atoms with Crippen LogP contribution in [-0.2, 0) is 4.79 Å². The predicted octanol–water partition coefficient (Wildman–Crippen LogP) is 0.802. The van der Waals surface area contributed by atoms with E-state index in [0.29, 0.717) is 21.4 Å². The maximum Gasteiger partial charge on any atom is 0.277 e. The van der Waals surface area contributed by atoms with Crippen molar-refractivity contribution < 1.29 is 9.90 Å². The van der Waals surface area contributed by atoms with Crippen molar-refractivity contribution >= 4 is 30.3 Å². The number of para-hydroxylation sites is 1. The molecule has 0 aliphatic carbocycles. The lowest BCUT2D eigenvalue weighted by Crippen LogP contribution is -2.29. The lowest BCUT2D eigenvalue weighted by molar-refractivity contribution is -0.114. The zero-order valence-electron chi connectivity index (χ0n) is 9.68. The monoisotopic (exact) mass is 271 g/mol. The highest BCUT2D eigenvalue weighted by atomic mass is 32.1. The van der Waals surface area contributed by atoms with E-state index in [0.717, 1.165) is 5.22 Å². The molecule has 0 unspecified atom stereocenters. The fraction of sp³-hybridized carbons (Fsp3) is 0. The van der Waals surface area contributed by atoms with E-state index in [1.54, 1.807) is 12.1 Å². The van der Waals surface area contributed by atoms with Gasteiger partial charge in [0.1, 0.15) is 5.69 Å². The summed E-state index contributed by atoms with van der Waals surface area (Å²) in [6.07, 6.45) is 3.25. The van der Waals surface area contributed by atoms with Crippen LogP contribution in [0.15, 0.2) is 34.8 Å². The summed E-state index contributed by atoms with van der Waals surface area (Å²) < 4.78 is 0.296. The minimum absolute atomic E-state index is 0.0995. The molecule has 2 aromatic rings. The molecule has 6 heteroatoms. The van der Waals surface area contributed by atoms with Gasteiger partial charge in [-0.3, -0.25) is 4.79 Å². The van der Waals surface area contributed by atoms with Crippen LogP contribution in [0.3, 0.4) is 0 Å². The molecule has 1 amide bonds. The number of amides is 1. The molecule has 5 nitrogen and oxygen atoms in total. The number of aromatic amines is 2. The van der Waals surface area contributed by atoms with E-state index in [2.05, 4.69) is 15.0 Å². The molecule has 3 N–H and O–H groups in total. The summed E-state index contributed by atoms with van der Waals surface area (Å²) in [5.74, 6) is -0.448. The summed E-state index contributed by atoms with van der Waals surface area (Å²) >= 11 is 4.86. The first-order valence-corrected chi connectivity index (χ1v) is 5.97. The van der Waals surface area contributed by atoms with Gasteiger partial charge in [0.15, 0.2) is 4.77 Å². The van der Waals surface area contributed by atoms with Crippen LogP contribution in [-0.4, -0.2) is 21.0 Å². The van der Waals surface area contributed by atoms with E-state index in [1.165, 1.54) is 6.08 Å². The van der Waals surface area contributed by atoms with Gasteiger partial charge < -0.3 is 15.1 Å². The first kappa shape index (κ1) is 11.6. The molecule has 0 spiro atoms. The van der Waals surface area contributed by atoms with Crippen molar-refractivity contribution in [2.45, 2.75) is 0 Å². The third-order valence-electron chi connectivity index (χ3n) is 2.75. The lowest BCUT2D eigenvalue weighted by atomic mass is 10.1. The Morgan fingerprint density at radius 2 is 2.05 bits per heavy atom. The fourth-order valence-electron chi connectivity index (χ4n) is 1.87. The molecule has 94 valence electrons. The summed E-state index contributed by atoms with van der Waals surface area (Å²) in [6.45, 7) is 0. The SMILES string of the molecule is O=C1N=c2ccccc2=C/C1=C\c1[nH]c(=S)[nH]c1O. The molecule has 3 rings (SSSR count). The average molecular weight is 271 g/mol. The molecule has 0 fully saturated rings. The van der Waals surface area contributed by atoms with Crippen molar-refractivity contribution in [3.63, 3.8) is 0 Å². The number of nitrogens with zero attached hydrogens (tertiary/aromatic N) is 1. The number of carbonyl (C=O) groups excluding carboxylic acids is 1. The summed E-state index contributed by atoms with van der Waals surface area (Å²) in [5.41, 5.74) is 0.749. The number of hydrogen-bond acceptors (Lipinski definition) is 3. The minimum atomic E-state index is -0.349. The maximum atomic E-state index is 11.9. The van der Waals surface area contributed by atoms with Gasteiger partial charge in [0.05, 0.1) is 5.36 Å². The van der Waals surface area contributed by atoms with Crippen LogP contribution in [0.2, 0.25) is 0 Å². The standard InChI is InChI=1S/C13H9N3O2S/c17-11-8(6-10-12(18)16-13(19)15-10)5-7-3-1-2-4-9(7)14-11/h1-6,18H,(H2,15,16,19)/b8-6+. The van der Waals surface area contributed by atoms with Crippen molar-refractivity contribution in [3.8, 4) is 5.88 Å². The molecular formula is C13H9N3O2S. The highest BCUT2D eigenvalue weighted by Gasteiger charge is 2.11. The Bertz CT molecular complexity index is 874. The predicted molar refractivity (Wildman–Crippen MR) is 72.3 cm³/mol. The summed E-state index contributed by atoms with van der Waals surface area (Å²) in [5, 5.41) is 11.1. The van der Waals surface area contributed by atoms with Gasteiger partial charge in [-0.15, -0.1) is 0 Å². The highest BCUT2D eigenvalue weighted by molar-refractivity contribution is 7.71. The molecule has 1 aliphatic heterocycles. The Hall–Kier alpha value is -2.47. The molecule has 0 radical (unpaired) electrons. The van der Waals surface area contributed by atoms with E-state index >= 15 is 0 Å². The molecule has 1 aromatic heterocycles. The second-order valence-corrected chi connectivity index (χ2v) is 4.47. The van der Waals surface area contributed by atoms with Crippen LogP contribution in [0, 0.1) is 4.77 Å². The van der Waals surface area contributed by atoms with E-state index < -0.39 is 0 Å². The molecule has 2 heterocycles. The molecule has 1 aliphatic rings. The molecule has 19 heavy (non-hydrogen) atoms. The normalized spacial score (nSPS) is 15.8. The van der Waals surface area contributed by atoms with Gasteiger partial charge >= 0.3 is 0 Å². The Labute approximate surface area is 112 Å². The number of nitrogens with one attached hydrogen (secondary N) is 2. The Morgan fingerprint density at radius 1 is 1.26 bits per heavy atom. The number of carbonyl (C=O) groups is 1. The number of benzene rings is 1. The summed E-state index contributed by atoms with van der Waals surface area (Å²) in [7, 11) is 0. The number of aromatic nitrogens is 2. The Morgan fingerprint density at radius 3 is 2.79 bits per heavy atom. The zero-order chi connectivity index (χ0) is 13.4. The summed E-state index contributed by atoms with van der Waals surface area (Å²) in [4.78, 5) is 21.2. The largest absolute Gasteiger partial charge is 0.493 e. The third-order valence-corrected chi connectivity index (χ3v) is 2.96. The van der Waals surface area contributed by atoms with Crippen molar-refractivity contribution in [3.05, 3.63) is 50.9 Å². The van der Waals surface area contributed by atoms with Gasteiger partial charge in [-0.1, -0.05) is 18.2 Å². The topological polar surface area (TPSA) is 81.2 Å². The lowest BCUT2D eigenvalue weighted by Gasteiger charge is -2.02. The second-order valence-electron chi connectivity index (χ2n) is 4.06. The van der Waals surface area contributed by atoms with Gasteiger partial charge in [-0.05, 0) is 30.4 Å². The molecule has 0 bridgehead atoms. The van der Waals surface area contributed by atoms with Crippen molar-refractivity contribution in [1.82, 2.24) is 9.97 Å². The number of H-pyrrole nitrogens is 2. The fourth-order valence-corrected chi connectivity index (χ4v) is 2.07. The van der Waals surface area contributed by atoms with Gasteiger partial charge in [-0.2, -0.15) is 0 Å². The van der Waals surface area contributed by atoms with Crippen LogP contribution in [0.5, 0.6) is 5.88 Å². The summed E-state index contributed by atoms with van der Waals surface area (Å²) in [6, 6.07) is 7.35.